The lowest BCUT2D eigenvalue weighted by Gasteiger charge is -2.33. The fourth-order valence-electron chi connectivity index (χ4n) is 1.90. The molecule has 1 aliphatic rings. The molecule has 100 valence electrons. The molecule has 1 atom stereocenters. The van der Waals surface area contributed by atoms with Crippen molar-refractivity contribution in [3.8, 4) is 5.95 Å². The van der Waals surface area contributed by atoms with Crippen LogP contribution in [-0.2, 0) is 4.74 Å². The van der Waals surface area contributed by atoms with Gasteiger partial charge in [-0.05, 0) is 18.5 Å². The number of hydrogen-bond acceptors (Lipinski definition) is 7. The Kier molecular flexibility index (Phi) is 3.26. The second kappa shape index (κ2) is 5.06. The molecular formula is C10H12ClN7O. The smallest absolute Gasteiger partial charge is 0.258 e. The summed E-state index contributed by atoms with van der Waals surface area (Å²) < 4.78 is 6.84. The maximum atomic E-state index is 5.95. The van der Waals surface area contributed by atoms with Crippen molar-refractivity contribution < 1.29 is 4.74 Å². The largest absolute Gasteiger partial charge is 0.377 e. The molecule has 2 aromatic rings. The van der Waals surface area contributed by atoms with Gasteiger partial charge < -0.3 is 9.64 Å². The first-order valence-electron chi connectivity index (χ1n) is 5.85. The molecule has 0 aromatic carbocycles. The van der Waals surface area contributed by atoms with Gasteiger partial charge in [0.25, 0.3) is 5.95 Å². The molecule has 1 unspecified atom stereocenters. The SMILES string of the molecule is CC1COCCN1c1nc(Cl)nc(-n2cncn2)n1. The number of morpholine rings is 1. The van der Waals surface area contributed by atoms with Crippen molar-refractivity contribution in [1.82, 2.24) is 29.7 Å². The summed E-state index contributed by atoms with van der Waals surface area (Å²) in [4.78, 5) is 18.5. The first-order valence-corrected chi connectivity index (χ1v) is 6.23. The summed E-state index contributed by atoms with van der Waals surface area (Å²) in [5.74, 6) is 0.882. The minimum atomic E-state index is 0.134. The molecule has 3 rings (SSSR count). The van der Waals surface area contributed by atoms with Crippen molar-refractivity contribution in [2.24, 2.45) is 0 Å². The van der Waals surface area contributed by atoms with Gasteiger partial charge in [0, 0.05) is 6.54 Å². The van der Waals surface area contributed by atoms with Crippen LogP contribution >= 0.6 is 11.6 Å². The highest BCUT2D eigenvalue weighted by atomic mass is 35.5. The quantitative estimate of drug-likeness (QED) is 0.784. The number of hydrogen-bond donors (Lipinski definition) is 0. The van der Waals surface area contributed by atoms with Crippen LogP contribution in [0.1, 0.15) is 6.92 Å². The van der Waals surface area contributed by atoms with Crippen LogP contribution in [0.4, 0.5) is 5.95 Å². The summed E-state index contributed by atoms with van der Waals surface area (Å²) in [6.45, 7) is 4.05. The number of halogens is 1. The van der Waals surface area contributed by atoms with E-state index in [4.69, 9.17) is 16.3 Å². The molecule has 0 saturated carbocycles. The number of ether oxygens (including phenoxy) is 1. The Morgan fingerprint density at radius 2 is 2.16 bits per heavy atom. The van der Waals surface area contributed by atoms with E-state index in [0.29, 0.717) is 25.1 Å². The lowest BCUT2D eigenvalue weighted by atomic mass is 10.3. The number of rotatable bonds is 2. The van der Waals surface area contributed by atoms with Crippen LogP contribution in [0.2, 0.25) is 5.28 Å². The van der Waals surface area contributed by atoms with Crippen LogP contribution in [0.3, 0.4) is 0 Å². The highest BCUT2D eigenvalue weighted by molar-refractivity contribution is 6.28. The number of anilines is 1. The van der Waals surface area contributed by atoms with Crippen LogP contribution in [-0.4, -0.2) is 55.5 Å². The van der Waals surface area contributed by atoms with Gasteiger partial charge in [0.05, 0.1) is 19.3 Å². The summed E-state index contributed by atoms with van der Waals surface area (Å²) in [5, 5.41) is 4.12. The molecule has 9 heteroatoms. The summed E-state index contributed by atoms with van der Waals surface area (Å²) in [6, 6.07) is 0.191. The molecule has 1 fully saturated rings. The minimum absolute atomic E-state index is 0.134. The highest BCUT2D eigenvalue weighted by Gasteiger charge is 2.22. The van der Waals surface area contributed by atoms with Crippen molar-refractivity contribution in [3.63, 3.8) is 0 Å². The van der Waals surface area contributed by atoms with E-state index in [9.17, 15) is 0 Å². The second-order valence-corrected chi connectivity index (χ2v) is 4.50. The lowest BCUT2D eigenvalue weighted by molar-refractivity contribution is 0.0980. The molecule has 3 heterocycles. The predicted octanol–water partition coefficient (Wildman–Crippen LogP) is 0.331. The fraction of sp³-hybridized carbons (Fsp3) is 0.500. The first kappa shape index (κ1) is 12.2. The monoisotopic (exact) mass is 281 g/mol. The Hall–Kier alpha value is -1.80. The molecule has 0 N–H and O–H groups in total. The standard InChI is InChI=1S/C10H12ClN7O/c1-7-4-19-3-2-17(7)9-14-8(11)15-10(16-9)18-6-12-5-13-18/h5-7H,2-4H2,1H3. The predicted molar refractivity (Wildman–Crippen MR) is 67.4 cm³/mol. The maximum Gasteiger partial charge on any atom is 0.258 e. The Balaban J connectivity index is 1.97. The third-order valence-corrected chi connectivity index (χ3v) is 3.00. The van der Waals surface area contributed by atoms with Gasteiger partial charge in [0.2, 0.25) is 11.2 Å². The summed E-state index contributed by atoms with van der Waals surface area (Å²) in [6.07, 6.45) is 2.92. The summed E-state index contributed by atoms with van der Waals surface area (Å²) in [5.41, 5.74) is 0. The van der Waals surface area contributed by atoms with Crippen LogP contribution in [0, 0.1) is 0 Å². The van der Waals surface area contributed by atoms with Crippen molar-refractivity contribution in [1.29, 1.82) is 0 Å². The Labute approximate surface area is 114 Å². The Bertz CT molecular complexity index is 561. The normalized spacial score (nSPS) is 19.7. The third kappa shape index (κ3) is 2.49. The van der Waals surface area contributed by atoms with Gasteiger partial charge in [-0.15, -0.1) is 0 Å². The Morgan fingerprint density at radius 1 is 1.32 bits per heavy atom. The third-order valence-electron chi connectivity index (χ3n) is 2.83. The number of nitrogens with zero attached hydrogens (tertiary/aromatic N) is 7. The molecule has 1 aliphatic heterocycles. The molecule has 2 aromatic heterocycles. The molecule has 19 heavy (non-hydrogen) atoms. The van der Waals surface area contributed by atoms with Crippen LogP contribution < -0.4 is 4.90 Å². The van der Waals surface area contributed by atoms with Crippen molar-refractivity contribution >= 4 is 17.5 Å². The van der Waals surface area contributed by atoms with Gasteiger partial charge >= 0.3 is 0 Å². The van der Waals surface area contributed by atoms with E-state index in [2.05, 4.69) is 25.0 Å². The van der Waals surface area contributed by atoms with Gasteiger partial charge in [-0.2, -0.15) is 24.7 Å². The molecule has 0 radical (unpaired) electrons. The van der Waals surface area contributed by atoms with Crippen molar-refractivity contribution in [2.75, 3.05) is 24.7 Å². The van der Waals surface area contributed by atoms with Gasteiger partial charge in [-0.25, -0.2) is 4.98 Å². The number of aromatic nitrogens is 6. The van der Waals surface area contributed by atoms with Crippen molar-refractivity contribution in [2.45, 2.75) is 13.0 Å². The lowest BCUT2D eigenvalue weighted by Crippen LogP contribution is -2.44. The van der Waals surface area contributed by atoms with Crippen molar-refractivity contribution in [3.05, 3.63) is 17.9 Å². The molecule has 0 bridgehead atoms. The summed E-state index contributed by atoms with van der Waals surface area (Å²) in [7, 11) is 0. The maximum absolute atomic E-state index is 5.95. The van der Waals surface area contributed by atoms with E-state index in [1.54, 1.807) is 0 Å². The van der Waals surface area contributed by atoms with Gasteiger partial charge in [-0.3, -0.25) is 0 Å². The second-order valence-electron chi connectivity index (χ2n) is 4.16. The van der Waals surface area contributed by atoms with E-state index < -0.39 is 0 Å². The first-order chi connectivity index (χ1) is 9.24. The zero-order valence-corrected chi connectivity index (χ0v) is 11.0. The van der Waals surface area contributed by atoms with Gasteiger partial charge in [0.15, 0.2) is 0 Å². The minimum Gasteiger partial charge on any atom is -0.377 e. The van der Waals surface area contributed by atoms with E-state index in [1.165, 1.54) is 17.3 Å². The van der Waals surface area contributed by atoms with Gasteiger partial charge in [-0.1, -0.05) is 0 Å². The Morgan fingerprint density at radius 3 is 2.89 bits per heavy atom. The van der Waals surface area contributed by atoms with Crippen LogP contribution in [0.5, 0.6) is 0 Å². The molecule has 0 aliphatic carbocycles. The summed E-state index contributed by atoms with van der Waals surface area (Å²) >= 11 is 5.95. The molecule has 0 amide bonds. The average Bonchev–Trinajstić information content (AvgIpc) is 2.92. The van der Waals surface area contributed by atoms with E-state index >= 15 is 0 Å². The van der Waals surface area contributed by atoms with Gasteiger partial charge in [0.1, 0.15) is 12.7 Å². The van der Waals surface area contributed by atoms with Crippen LogP contribution in [0.15, 0.2) is 12.7 Å². The van der Waals surface area contributed by atoms with E-state index in [-0.39, 0.29) is 11.3 Å². The highest BCUT2D eigenvalue weighted by Crippen LogP contribution is 2.17. The van der Waals surface area contributed by atoms with Crippen LogP contribution in [0.25, 0.3) is 5.95 Å². The molecular weight excluding hydrogens is 270 g/mol. The van der Waals surface area contributed by atoms with E-state index in [1.807, 2.05) is 11.8 Å². The molecule has 0 spiro atoms. The zero-order valence-electron chi connectivity index (χ0n) is 10.3. The molecule has 1 saturated heterocycles. The molecule has 8 nitrogen and oxygen atoms in total. The van der Waals surface area contributed by atoms with E-state index in [0.717, 1.165) is 6.54 Å². The zero-order chi connectivity index (χ0) is 13.2. The topological polar surface area (TPSA) is 81.9 Å². The fourth-order valence-corrected chi connectivity index (χ4v) is 2.05. The average molecular weight is 282 g/mol.